The number of thiazole rings is 1. The van der Waals surface area contributed by atoms with Gasteiger partial charge >= 0.3 is 12.1 Å². The molecule has 0 fully saturated rings. The number of carboxylic acid groups (broad SMARTS) is 1. The summed E-state index contributed by atoms with van der Waals surface area (Å²) in [6.45, 7) is 0. The minimum atomic E-state index is -4.44. The Morgan fingerprint density at radius 3 is 2.65 bits per heavy atom. The Labute approximate surface area is 116 Å². The number of rotatable bonds is 4. The molecule has 0 spiro atoms. The maximum atomic E-state index is 12.9. The van der Waals surface area contributed by atoms with Gasteiger partial charge in [-0.25, -0.2) is 4.98 Å². The van der Waals surface area contributed by atoms with Crippen molar-refractivity contribution in [1.29, 1.82) is 0 Å². The molecule has 2 rings (SSSR count). The van der Waals surface area contributed by atoms with Crippen molar-refractivity contribution in [2.45, 2.75) is 19.0 Å². The molecule has 20 heavy (non-hydrogen) atoms. The lowest BCUT2D eigenvalue weighted by atomic mass is 10.1. The molecule has 106 valence electrons. The fraction of sp³-hybridized carbons (Fsp3) is 0.231. The van der Waals surface area contributed by atoms with Gasteiger partial charge in [-0.3, -0.25) is 4.79 Å². The van der Waals surface area contributed by atoms with Crippen molar-refractivity contribution in [2.75, 3.05) is 0 Å². The molecule has 1 aromatic carbocycles. The van der Waals surface area contributed by atoms with Gasteiger partial charge in [-0.05, 0) is 6.07 Å². The van der Waals surface area contributed by atoms with E-state index < -0.39 is 17.7 Å². The summed E-state index contributed by atoms with van der Waals surface area (Å²) in [5.41, 5.74) is -0.227. The van der Waals surface area contributed by atoms with Crippen LogP contribution < -0.4 is 0 Å². The molecule has 0 radical (unpaired) electrons. The summed E-state index contributed by atoms with van der Waals surface area (Å²) in [4.78, 5) is 14.5. The highest BCUT2D eigenvalue weighted by molar-refractivity contribution is 7.13. The van der Waals surface area contributed by atoms with E-state index in [1.807, 2.05) is 0 Å². The molecule has 0 atom stereocenters. The number of hydrogen-bond donors (Lipinski definition) is 1. The molecule has 1 aromatic heterocycles. The first-order chi connectivity index (χ1) is 9.38. The van der Waals surface area contributed by atoms with Crippen LogP contribution >= 0.6 is 11.3 Å². The van der Waals surface area contributed by atoms with Crippen LogP contribution in [0.1, 0.15) is 17.7 Å². The van der Waals surface area contributed by atoms with E-state index in [4.69, 9.17) is 5.11 Å². The van der Waals surface area contributed by atoms with Crippen molar-refractivity contribution in [1.82, 2.24) is 4.98 Å². The monoisotopic (exact) mass is 301 g/mol. The number of hydrogen-bond acceptors (Lipinski definition) is 3. The molecule has 0 amide bonds. The SMILES string of the molecule is O=C(O)CCc1csc(-c2ccccc2C(F)(F)F)n1. The van der Waals surface area contributed by atoms with E-state index in [2.05, 4.69) is 4.98 Å². The molecule has 0 aliphatic rings. The number of aromatic nitrogens is 1. The van der Waals surface area contributed by atoms with E-state index in [0.29, 0.717) is 5.69 Å². The van der Waals surface area contributed by atoms with Gasteiger partial charge in [0, 0.05) is 17.4 Å². The van der Waals surface area contributed by atoms with Crippen molar-refractivity contribution >= 4 is 17.3 Å². The molecule has 0 unspecified atom stereocenters. The third kappa shape index (κ3) is 3.36. The molecule has 0 bridgehead atoms. The number of aryl methyl sites for hydroxylation is 1. The van der Waals surface area contributed by atoms with Crippen LogP contribution in [0.2, 0.25) is 0 Å². The zero-order valence-corrected chi connectivity index (χ0v) is 11.0. The van der Waals surface area contributed by atoms with Gasteiger partial charge in [-0.1, -0.05) is 18.2 Å². The largest absolute Gasteiger partial charge is 0.481 e. The molecule has 3 nitrogen and oxygen atoms in total. The number of aliphatic carboxylic acids is 1. The van der Waals surface area contributed by atoms with Gasteiger partial charge in [0.1, 0.15) is 5.01 Å². The summed E-state index contributed by atoms with van der Waals surface area (Å²) in [5, 5.41) is 10.4. The fourth-order valence-electron chi connectivity index (χ4n) is 1.70. The molecule has 1 N–H and O–H groups in total. The van der Waals surface area contributed by atoms with Crippen LogP contribution in [0.25, 0.3) is 10.6 Å². The van der Waals surface area contributed by atoms with Crippen molar-refractivity contribution in [2.24, 2.45) is 0 Å². The van der Waals surface area contributed by atoms with Crippen molar-refractivity contribution < 1.29 is 23.1 Å². The second-order valence-electron chi connectivity index (χ2n) is 4.08. The number of benzene rings is 1. The summed E-state index contributed by atoms with van der Waals surface area (Å²) in [6, 6.07) is 5.21. The maximum Gasteiger partial charge on any atom is 0.417 e. The molecule has 0 saturated heterocycles. The first-order valence-electron chi connectivity index (χ1n) is 5.70. The lowest BCUT2D eigenvalue weighted by molar-refractivity contribution is -0.137. The van der Waals surface area contributed by atoms with Crippen LogP contribution in [0.3, 0.4) is 0 Å². The Balaban J connectivity index is 2.31. The number of alkyl halides is 3. The van der Waals surface area contributed by atoms with Crippen LogP contribution in [0, 0.1) is 0 Å². The normalized spacial score (nSPS) is 11.6. The van der Waals surface area contributed by atoms with Crippen molar-refractivity contribution in [3.05, 3.63) is 40.9 Å². The lowest BCUT2D eigenvalue weighted by Gasteiger charge is -2.10. The highest BCUT2D eigenvalue weighted by atomic mass is 32.1. The number of carbonyl (C=O) groups is 1. The topological polar surface area (TPSA) is 50.2 Å². The highest BCUT2D eigenvalue weighted by Crippen LogP contribution is 2.37. The minimum Gasteiger partial charge on any atom is -0.481 e. The van der Waals surface area contributed by atoms with Gasteiger partial charge in [0.25, 0.3) is 0 Å². The van der Waals surface area contributed by atoms with Crippen molar-refractivity contribution in [3.8, 4) is 10.6 Å². The maximum absolute atomic E-state index is 12.9. The van der Waals surface area contributed by atoms with E-state index in [9.17, 15) is 18.0 Å². The molecule has 0 aliphatic heterocycles. The van der Waals surface area contributed by atoms with E-state index in [-0.39, 0.29) is 23.4 Å². The Morgan fingerprint density at radius 1 is 1.30 bits per heavy atom. The van der Waals surface area contributed by atoms with E-state index >= 15 is 0 Å². The summed E-state index contributed by atoms with van der Waals surface area (Å²) >= 11 is 1.08. The lowest BCUT2D eigenvalue weighted by Crippen LogP contribution is -2.06. The van der Waals surface area contributed by atoms with Crippen LogP contribution in [-0.4, -0.2) is 16.1 Å². The van der Waals surface area contributed by atoms with Crippen LogP contribution in [0.4, 0.5) is 13.2 Å². The van der Waals surface area contributed by atoms with E-state index in [1.165, 1.54) is 18.2 Å². The average molecular weight is 301 g/mol. The number of carboxylic acids is 1. The van der Waals surface area contributed by atoms with Gasteiger partial charge < -0.3 is 5.11 Å². The van der Waals surface area contributed by atoms with Crippen LogP contribution in [0.15, 0.2) is 29.6 Å². The zero-order valence-electron chi connectivity index (χ0n) is 10.1. The Bertz CT molecular complexity index is 622. The fourth-order valence-corrected chi connectivity index (χ4v) is 2.59. The quantitative estimate of drug-likeness (QED) is 0.933. The van der Waals surface area contributed by atoms with Crippen LogP contribution in [-0.2, 0) is 17.4 Å². The number of halogens is 3. The first kappa shape index (κ1) is 14.5. The van der Waals surface area contributed by atoms with E-state index in [0.717, 1.165) is 17.4 Å². The molecule has 0 saturated carbocycles. The summed E-state index contributed by atoms with van der Waals surface area (Å²) in [7, 11) is 0. The summed E-state index contributed by atoms with van der Waals surface area (Å²) in [6.07, 6.45) is -4.33. The van der Waals surface area contributed by atoms with Gasteiger partial charge in [-0.2, -0.15) is 13.2 Å². The van der Waals surface area contributed by atoms with Gasteiger partial charge in [-0.15, -0.1) is 11.3 Å². The van der Waals surface area contributed by atoms with Gasteiger partial charge in [0.15, 0.2) is 0 Å². The Kier molecular flexibility index (Phi) is 4.08. The van der Waals surface area contributed by atoms with Gasteiger partial charge in [0.2, 0.25) is 0 Å². The molecule has 2 aromatic rings. The number of nitrogens with zero attached hydrogens (tertiary/aromatic N) is 1. The molecule has 0 aliphatic carbocycles. The molecule has 1 heterocycles. The molecular weight excluding hydrogens is 291 g/mol. The second-order valence-corrected chi connectivity index (χ2v) is 4.94. The highest BCUT2D eigenvalue weighted by Gasteiger charge is 2.33. The predicted octanol–water partition coefficient (Wildman–Crippen LogP) is 3.85. The Morgan fingerprint density at radius 2 is 2.00 bits per heavy atom. The third-order valence-electron chi connectivity index (χ3n) is 2.61. The Hall–Kier alpha value is -1.89. The molecular formula is C13H10F3NO2S. The standard InChI is InChI=1S/C13H10F3NO2S/c14-13(15,16)10-4-2-1-3-9(10)12-17-8(7-20-12)5-6-11(18)19/h1-4,7H,5-6H2,(H,18,19). The second kappa shape index (κ2) is 5.62. The van der Waals surface area contributed by atoms with Gasteiger partial charge in [0.05, 0.1) is 17.7 Å². The average Bonchev–Trinajstić information content (AvgIpc) is 2.84. The summed E-state index contributed by atoms with van der Waals surface area (Å²) < 4.78 is 38.7. The van der Waals surface area contributed by atoms with Crippen LogP contribution in [0.5, 0.6) is 0 Å². The summed E-state index contributed by atoms with van der Waals surface area (Å²) in [5.74, 6) is -0.963. The van der Waals surface area contributed by atoms with Crippen molar-refractivity contribution in [3.63, 3.8) is 0 Å². The minimum absolute atomic E-state index is 0.0200. The molecule has 7 heteroatoms. The first-order valence-corrected chi connectivity index (χ1v) is 6.58. The predicted molar refractivity (Wildman–Crippen MR) is 68.5 cm³/mol. The van der Waals surface area contributed by atoms with E-state index in [1.54, 1.807) is 5.38 Å². The third-order valence-corrected chi connectivity index (χ3v) is 3.53. The smallest absolute Gasteiger partial charge is 0.417 e. The zero-order chi connectivity index (χ0) is 14.8.